The minimum Gasteiger partial charge on any atom is -0.493 e. The molecule has 0 aliphatic heterocycles. The molecule has 0 unspecified atom stereocenters. The van der Waals surface area contributed by atoms with Gasteiger partial charge >= 0.3 is 0 Å². The van der Waals surface area contributed by atoms with Gasteiger partial charge in [-0.15, -0.1) is 34.2 Å². The van der Waals surface area contributed by atoms with E-state index in [-0.39, 0.29) is 24.0 Å². The highest BCUT2D eigenvalue weighted by molar-refractivity contribution is 14.0. The predicted molar refractivity (Wildman–Crippen MR) is 129 cm³/mol. The number of aliphatic imine (C=N–C) groups is 1. The molecule has 1 heterocycles. The van der Waals surface area contributed by atoms with Crippen LogP contribution >= 0.6 is 24.0 Å². The molecule has 2 rings (SSSR count). The predicted octanol–water partition coefficient (Wildman–Crippen LogP) is 3.73. The molecule has 0 saturated heterocycles. The molecule has 1 aromatic carbocycles. The van der Waals surface area contributed by atoms with Crippen molar-refractivity contribution in [3.05, 3.63) is 41.0 Å². The zero-order chi connectivity index (χ0) is 20.5. The maximum absolute atomic E-state index is 6.06. The molecule has 7 nitrogen and oxygen atoms in total. The number of ether oxygens (including phenoxy) is 1. The van der Waals surface area contributed by atoms with Gasteiger partial charge in [0.05, 0.1) is 13.2 Å². The van der Waals surface area contributed by atoms with Crippen molar-refractivity contribution in [2.75, 3.05) is 13.7 Å². The minimum atomic E-state index is 0. The summed E-state index contributed by atoms with van der Waals surface area (Å²) in [7, 11) is 3.72. The summed E-state index contributed by atoms with van der Waals surface area (Å²) < 4.78 is 8.02. The molecule has 0 radical (unpaired) electrons. The third-order valence-corrected chi connectivity index (χ3v) is 4.67. The summed E-state index contributed by atoms with van der Waals surface area (Å²) in [6.07, 6.45) is 2.25. The summed E-state index contributed by atoms with van der Waals surface area (Å²) in [6.45, 7) is 10.4. The molecular weight excluding hydrogens is 479 g/mol. The Morgan fingerprint density at radius 2 is 1.90 bits per heavy atom. The molecule has 8 heteroatoms. The van der Waals surface area contributed by atoms with Crippen LogP contribution in [0.1, 0.15) is 49.5 Å². The van der Waals surface area contributed by atoms with Gasteiger partial charge in [-0.25, -0.2) is 0 Å². The van der Waals surface area contributed by atoms with Crippen LogP contribution in [0, 0.1) is 19.8 Å². The van der Waals surface area contributed by atoms with Gasteiger partial charge in [-0.2, -0.15) is 0 Å². The summed E-state index contributed by atoms with van der Waals surface area (Å²) in [5.74, 6) is 4.11. The number of guanidine groups is 1. The number of halogens is 1. The van der Waals surface area contributed by atoms with Gasteiger partial charge < -0.3 is 19.9 Å². The number of hydrogen-bond donors (Lipinski definition) is 2. The summed E-state index contributed by atoms with van der Waals surface area (Å²) in [5, 5.41) is 14.9. The lowest BCUT2D eigenvalue weighted by atomic mass is 10.1. The number of nitrogens with zero attached hydrogens (tertiary/aromatic N) is 4. The van der Waals surface area contributed by atoms with Crippen molar-refractivity contribution in [3.63, 3.8) is 0 Å². The van der Waals surface area contributed by atoms with Crippen molar-refractivity contribution in [3.8, 4) is 5.75 Å². The van der Waals surface area contributed by atoms with Crippen molar-refractivity contribution in [2.45, 2.75) is 53.6 Å². The molecule has 29 heavy (non-hydrogen) atoms. The first kappa shape index (κ1) is 25.2. The average Bonchev–Trinajstić information content (AvgIpc) is 2.98. The second-order valence-corrected chi connectivity index (χ2v) is 7.50. The lowest BCUT2D eigenvalue weighted by Gasteiger charge is -2.16. The SMILES string of the molecule is CN=C(NCc1ccc(C)cc1OCCCC(C)C)NCc1nnc(C)n1C.I. The Labute approximate surface area is 191 Å². The van der Waals surface area contributed by atoms with Crippen LogP contribution in [0.3, 0.4) is 0 Å². The molecule has 0 saturated carbocycles. The topological polar surface area (TPSA) is 76.4 Å². The van der Waals surface area contributed by atoms with Crippen LogP contribution in [0.15, 0.2) is 23.2 Å². The van der Waals surface area contributed by atoms with E-state index in [4.69, 9.17) is 4.74 Å². The maximum Gasteiger partial charge on any atom is 0.191 e. The molecular formula is C21H35IN6O. The molecule has 2 N–H and O–H groups in total. The van der Waals surface area contributed by atoms with E-state index in [2.05, 4.69) is 64.8 Å². The van der Waals surface area contributed by atoms with Crippen LogP contribution in [0.25, 0.3) is 0 Å². The molecule has 162 valence electrons. The number of benzene rings is 1. The van der Waals surface area contributed by atoms with Crippen molar-refractivity contribution in [2.24, 2.45) is 18.0 Å². The van der Waals surface area contributed by atoms with Crippen LogP contribution in [0.5, 0.6) is 5.75 Å². The Morgan fingerprint density at radius 1 is 1.17 bits per heavy atom. The van der Waals surface area contributed by atoms with Gasteiger partial charge in [0.2, 0.25) is 0 Å². The van der Waals surface area contributed by atoms with E-state index in [1.165, 1.54) is 12.0 Å². The van der Waals surface area contributed by atoms with Crippen LogP contribution in [0.2, 0.25) is 0 Å². The zero-order valence-corrected chi connectivity index (χ0v) is 20.8. The fourth-order valence-corrected chi connectivity index (χ4v) is 2.78. The van der Waals surface area contributed by atoms with Gasteiger partial charge in [-0.1, -0.05) is 26.0 Å². The normalized spacial score (nSPS) is 11.3. The maximum atomic E-state index is 6.06. The van der Waals surface area contributed by atoms with Gasteiger partial charge in [0.15, 0.2) is 11.8 Å². The lowest BCUT2D eigenvalue weighted by molar-refractivity contribution is 0.294. The van der Waals surface area contributed by atoms with Crippen LogP contribution in [0.4, 0.5) is 0 Å². The van der Waals surface area contributed by atoms with Gasteiger partial charge in [-0.3, -0.25) is 4.99 Å². The largest absolute Gasteiger partial charge is 0.493 e. The fraction of sp³-hybridized carbons (Fsp3) is 0.571. The van der Waals surface area contributed by atoms with Crippen molar-refractivity contribution in [1.29, 1.82) is 0 Å². The Morgan fingerprint density at radius 3 is 2.52 bits per heavy atom. The van der Waals surface area contributed by atoms with E-state index in [0.29, 0.717) is 25.0 Å². The third kappa shape index (κ3) is 8.20. The number of hydrogen-bond acceptors (Lipinski definition) is 4. The molecule has 0 amide bonds. The molecule has 0 aliphatic carbocycles. The number of rotatable bonds is 9. The fourth-order valence-electron chi connectivity index (χ4n) is 2.78. The first-order valence-electron chi connectivity index (χ1n) is 9.92. The Balaban J connectivity index is 0.00000420. The summed E-state index contributed by atoms with van der Waals surface area (Å²) in [4.78, 5) is 4.29. The van der Waals surface area contributed by atoms with Gasteiger partial charge in [-0.05, 0) is 44.2 Å². The molecule has 0 aliphatic rings. The second-order valence-electron chi connectivity index (χ2n) is 7.50. The highest BCUT2D eigenvalue weighted by Gasteiger charge is 2.08. The molecule has 0 spiro atoms. The Bertz CT molecular complexity index is 787. The van der Waals surface area contributed by atoms with Crippen LogP contribution in [-0.4, -0.2) is 34.4 Å². The Kier molecular flexibility index (Phi) is 11.0. The Hall–Kier alpha value is -1.84. The van der Waals surface area contributed by atoms with Gasteiger partial charge in [0, 0.05) is 26.2 Å². The highest BCUT2D eigenvalue weighted by atomic mass is 127. The number of aryl methyl sites for hydroxylation is 2. The van der Waals surface area contributed by atoms with Crippen molar-refractivity contribution < 1.29 is 4.74 Å². The molecule has 1 aromatic heterocycles. The smallest absolute Gasteiger partial charge is 0.191 e. The van der Waals surface area contributed by atoms with E-state index >= 15 is 0 Å². The molecule has 0 atom stereocenters. The van der Waals surface area contributed by atoms with Crippen LogP contribution < -0.4 is 15.4 Å². The first-order chi connectivity index (χ1) is 13.4. The first-order valence-corrected chi connectivity index (χ1v) is 9.92. The molecule has 0 bridgehead atoms. The standard InChI is InChI=1S/C21H34N6O.HI/c1-15(2)8-7-11-28-19-12-16(3)9-10-18(19)13-23-21(22-5)24-14-20-26-25-17(4)27(20)6;/h9-10,12,15H,7-8,11,13-14H2,1-6H3,(H2,22,23,24);1H. The van der Waals surface area contributed by atoms with E-state index in [1.54, 1.807) is 7.05 Å². The van der Waals surface area contributed by atoms with E-state index in [1.807, 2.05) is 18.5 Å². The number of aromatic nitrogens is 3. The monoisotopic (exact) mass is 514 g/mol. The summed E-state index contributed by atoms with van der Waals surface area (Å²) in [6, 6.07) is 6.32. The third-order valence-electron chi connectivity index (χ3n) is 4.67. The number of nitrogens with one attached hydrogen (secondary N) is 2. The minimum absolute atomic E-state index is 0. The lowest BCUT2D eigenvalue weighted by Crippen LogP contribution is -2.37. The van der Waals surface area contributed by atoms with Crippen LogP contribution in [-0.2, 0) is 20.1 Å². The summed E-state index contributed by atoms with van der Waals surface area (Å²) >= 11 is 0. The van der Waals surface area contributed by atoms with Crippen molar-refractivity contribution >= 4 is 29.9 Å². The quantitative estimate of drug-likeness (QED) is 0.231. The molecule has 0 fully saturated rings. The average molecular weight is 514 g/mol. The van der Waals surface area contributed by atoms with Gasteiger partial charge in [0.25, 0.3) is 0 Å². The molecule has 2 aromatic rings. The van der Waals surface area contributed by atoms with E-state index in [0.717, 1.165) is 36.0 Å². The van der Waals surface area contributed by atoms with E-state index < -0.39 is 0 Å². The zero-order valence-electron chi connectivity index (χ0n) is 18.5. The highest BCUT2D eigenvalue weighted by Crippen LogP contribution is 2.21. The second kappa shape index (κ2) is 12.7. The van der Waals surface area contributed by atoms with Gasteiger partial charge in [0.1, 0.15) is 11.6 Å². The summed E-state index contributed by atoms with van der Waals surface area (Å²) in [5.41, 5.74) is 2.32. The van der Waals surface area contributed by atoms with Crippen molar-refractivity contribution in [1.82, 2.24) is 25.4 Å². The van der Waals surface area contributed by atoms with E-state index in [9.17, 15) is 0 Å².